The first kappa shape index (κ1) is 16.7. The molecule has 0 aromatic heterocycles. The molecule has 2 heterocycles. The van der Waals surface area contributed by atoms with Crippen LogP contribution in [0.5, 0.6) is 0 Å². The molecule has 3 rings (SSSR count). The van der Waals surface area contributed by atoms with Crippen LogP contribution in [0.15, 0.2) is 0 Å². The number of likely N-dealkylation sites (tertiary alicyclic amines) is 1. The molecule has 1 saturated carbocycles. The fourth-order valence-electron chi connectivity index (χ4n) is 4.02. The van der Waals surface area contributed by atoms with Crippen LogP contribution < -0.4 is 5.32 Å². The number of hydrogen-bond acceptors (Lipinski definition) is 4. The largest absolute Gasteiger partial charge is 0.481 e. The second-order valence-electron chi connectivity index (χ2n) is 7.12. The second kappa shape index (κ2) is 6.07. The van der Waals surface area contributed by atoms with E-state index in [1.54, 1.807) is 0 Å². The van der Waals surface area contributed by atoms with Crippen LogP contribution in [0.3, 0.4) is 0 Å². The first-order valence-electron chi connectivity index (χ1n) is 8.50. The number of hydrogen-bond donors (Lipinski definition) is 2. The Kier molecular flexibility index (Phi) is 4.23. The number of aliphatic carboxylic acids is 1. The number of imide groups is 1. The van der Waals surface area contributed by atoms with Gasteiger partial charge in [-0.15, -0.1) is 0 Å². The third kappa shape index (κ3) is 2.74. The SMILES string of the molecule is CC1CCC(C(=O)O)CN1C(=O)CN1C(=O)NC2(CCCC2)C1=O. The highest BCUT2D eigenvalue weighted by Crippen LogP contribution is 2.35. The minimum Gasteiger partial charge on any atom is -0.481 e. The summed E-state index contributed by atoms with van der Waals surface area (Å²) in [5.41, 5.74) is -0.825. The Morgan fingerprint density at radius 3 is 2.54 bits per heavy atom. The molecule has 8 nitrogen and oxygen atoms in total. The van der Waals surface area contributed by atoms with E-state index in [9.17, 15) is 19.2 Å². The molecule has 2 unspecified atom stereocenters. The van der Waals surface area contributed by atoms with Crippen molar-refractivity contribution in [2.24, 2.45) is 5.92 Å². The van der Waals surface area contributed by atoms with Gasteiger partial charge >= 0.3 is 12.0 Å². The van der Waals surface area contributed by atoms with Crippen LogP contribution in [-0.4, -0.2) is 63.4 Å². The van der Waals surface area contributed by atoms with E-state index in [0.717, 1.165) is 17.7 Å². The third-order valence-electron chi connectivity index (χ3n) is 5.55. The van der Waals surface area contributed by atoms with Gasteiger partial charge in [0.15, 0.2) is 0 Å². The number of carboxylic acid groups (broad SMARTS) is 1. The van der Waals surface area contributed by atoms with E-state index in [1.807, 2.05) is 6.92 Å². The van der Waals surface area contributed by atoms with Gasteiger partial charge in [0.2, 0.25) is 5.91 Å². The molecule has 24 heavy (non-hydrogen) atoms. The summed E-state index contributed by atoms with van der Waals surface area (Å²) in [6.07, 6.45) is 4.14. The van der Waals surface area contributed by atoms with Crippen molar-refractivity contribution in [3.8, 4) is 0 Å². The van der Waals surface area contributed by atoms with E-state index in [2.05, 4.69) is 5.32 Å². The smallest absolute Gasteiger partial charge is 0.325 e. The summed E-state index contributed by atoms with van der Waals surface area (Å²) in [6.45, 7) is 1.67. The number of carbonyl (C=O) groups is 4. The highest BCUT2D eigenvalue weighted by Gasteiger charge is 2.53. The van der Waals surface area contributed by atoms with Gasteiger partial charge in [-0.2, -0.15) is 0 Å². The van der Waals surface area contributed by atoms with Crippen molar-refractivity contribution < 1.29 is 24.3 Å². The van der Waals surface area contributed by atoms with Crippen LogP contribution in [-0.2, 0) is 14.4 Å². The van der Waals surface area contributed by atoms with E-state index in [1.165, 1.54) is 4.90 Å². The Morgan fingerprint density at radius 2 is 1.92 bits per heavy atom. The molecule has 0 aromatic rings. The summed E-state index contributed by atoms with van der Waals surface area (Å²) >= 11 is 0. The van der Waals surface area contributed by atoms with E-state index in [0.29, 0.717) is 25.7 Å². The molecular weight excluding hydrogens is 314 g/mol. The van der Waals surface area contributed by atoms with Crippen molar-refractivity contribution in [2.45, 2.75) is 57.0 Å². The minimum absolute atomic E-state index is 0.0886. The van der Waals surface area contributed by atoms with Gasteiger partial charge in [0.1, 0.15) is 12.1 Å². The highest BCUT2D eigenvalue weighted by atomic mass is 16.4. The van der Waals surface area contributed by atoms with Gasteiger partial charge in [-0.25, -0.2) is 4.79 Å². The molecule has 0 radical (unpaired) electrons. The first-order valence-corrected chi connectivity index (χ1v) is 8.50. The van der Waals surface area contributed by atoms with Gasteiger partial charge in [-0.1, -0.05) is 12.8 Å². The lowest BCUT2D eigenvalue weighted by Gasteiger charge is -2.37. The first-order chi connectivity index (χ1) is 11.3. The summed E-state index contributed by atoms with van der Waals surface area (Å²) in [6, 6.07) is -0.607. The molecular formula is C16H23N3O5. The lowest BCUT2D eigenvalue weighted by molar-refractivity contribution is -0.148. The van der Waals surface area contributed by atoms with Crippen LogP contribution in [0.1, 0.15) is 45.4 Å². The maximum Gasteiger partial charge on any atom is 0.325 e. The van der Waals surface area contributed by atoms with Crippen molar-refractivity contribution in [1.82, 2.24) is 15.1 Å². The number of rotatable bonds is 3. The van der Waals surface area contributed by atoms with Crippen molar-refractivity contribution in [3.05, 3.63) is 0 Å². The summed E-state index contributed by atoms with van der Waals surface area (Å²) in [4.78, 5) is 51.0. The van der Waals surface area contributed by atoms with E-state index >= 15 is 0 Å². The van der Waals surface area contributed by atoms with E-state index in [-0.39, 0.29) is 30.9 Å². The number of piperidine rings is 1. The monoisotopic (exact) mass is 337 g/mol. The number of urea groups is 1. The van der Waals surface area contributed by atoms with Gasteiger partial charge in [0, 0.05) is 12.6 Å². The van der Waals surface area contributed by atoms with Crippen LogP contribution in [0.25, 0.3) is 0 Å². The molecule has 4 amide bonds. The van der Waals surface area contributed by atoms with Crippen LogP contribution in [0, 0.1) is 5.92 Å². The molecule has 3 aliphatic rings. The lowest BCUT2D eigenvalue weighted by Crippen LogP contribution is -2.51. The molecule has 1 spiro atoms. The maximum absolute atomic E-state index is 12.6. The fourth-order valence-corrected chi connectivity index (χ4v) is 4.02. The molecule has 2 aliphatic heterocycles. The Hall–Kier alpha value is -2.12. The molecule has 3 fully saturated rings. The molecule has 2 atom stereocenters. The third-order valence-corrected chi connectivity index (χ3v) is 5.55. The molecule has 0 bridgehead atoms. The van der Waals surface area contributed by atoms with Crippen LogP contribution >= 0.6 is 0 Å². The van der Waals surface area contributed by atoms with Gasteiger partial charge in [-0.05, 0) is 32.6 Å². The van der Waals surface area contributed by atoms with Crippen molar-refractivity contribution in [2.75, 3.05) is 13.1 Å². The molecule has 132 valence electrons. The molecule has 1 aliphatic carbocycles. The predicted octanol–water partition coefficient (Wildman–Crippen LogP) is 0.563. The Bertz CT molecular complexity index is 584. The zero-order chi connectivity index (χ0) is 17.5. The average molecular weight is 337 g/mol. The number of carboxylic acids is 1. The Morgan fingerprint density at radius 1 is 1.25 bits per heavy atom. The van der Waals surface area contributed by atoms with Crippen molar-refractivity contribution in [3.63, 3.8) is 0 Å². The summed E-state index contributed by atoms with van der Waals surface area (Å²) in [5, 5.41) is 11.9. The maximum atomic E-state index is 12.6. The van der Waals surface area contributed by atoms with Crippen molar-refractivity contribution in [1.29, 1.82) is 0 Å². The number of nitrogens with one attached hydrogen (secondary N) is 1. The molecule has 2 N–H and O–H groups in total. The average Bonchev–Trinajstić information content (AvgIpc) is 3.09. The number of nitrogens with zero attached hydrogens (tertiary/aromatic N) is 2. The zero-order valence-electron chi connectivity index (χ0n) is 13.8. The molecule has 2 saturated heterocycles. The summed E-state index contributed by atoms with van der Waals surface area (Å²) < 4.78 is 0. The Balaban J connectivity index is 1.69. The molecule has 8 heteroatoms. The fraction of sp³-hybridized carbons (Fsp3) is 0.750. The molecule has 0 aromatic carbocycles. The predicted molar refractivity (Wildman–Crippen MR) is 83.0 cm³/mol. The standard InChI is InChI=1S/C16H23N3O5/c1-10-4-5-11(13(21)22)8-18(10)12(20)9-19-14(23)16(17-15(19)24)6-2-3-7-16/h10-11H,2-9H2,1H3,(H,17,24)(H,21,22). The highest BCUT2D eigenvalue weighted by molar-refractivity contribution is 6.09. The summed E-state index contributed by atoms with van der Waals surface area (Å²) in [5.74, 6) is -2.20. The normalized spacial score (nSPS) is 29.2. The van der Waals surface area contributed by atoms with Gasteiger partial charge in [0.05, 0.1) is 5.92 Å². The number of carbonyl (C=O) groups excluding carboxylic acids is 3. The second-order valence-corrected chi connectivity index (χ2v) is 7.12. The van der Waals surface area contributed by atoms with E-state index < -0.39 is 23.5 Å². The van der Waals surface area contributed by atoms with Crippen LogP contribution in [0.2, 0.25) is 0 Å². The van der Waals surface area contributed by atoms with Crippen molar-refractivity contribution >= 4 is 23.8 Å². The lowest BCUT2D eigenvalue weighted by atomic mass is 9.93. The van der Waals surface area contributed by atoms with Gasteiger partial charge in [-0.3, -0.25) is 19.3 Å². The summed E-state index contributed by atoms with van der Waals surface area (Å²) in [7, 11) is 0. The van der Waals surface area contributed by atoms with E-state index in [4.69, 9.17) is 5.11 Å². The quantitative estimate of drug-likeness (QED) is 0.732. The van der Waals surface area contributed by atoms with Gasteiger partial charge < -0.3 is 15.3 Å². The Labute approximate surface area is 140 Å². The topological polar surface area (TPSA) is 107 Å². The van der Waals surface area contributed by atoms with Gasteiger partial charge in [0.25, 0.3) is 5.91 Å². The zero-order valence-corrected chi connectivity index (χ0v) is 13.8. The number of amides is 4. The van der Waals surface area contributed by atoms with Crippen LogP contribution in [0.4, 0.5) is 4.79 Å². The minimum atomic E-state index is -0.917.